The predicted octanol–water partition coefficient (Wildman–Crippen LogP) is 2.00. The molecular weight excluding hydrogens is 467 g/mol. The molecule has 2 aromatic rings. The summed E-state index contributed by atoms with van der Waals surface area (Å²) in [6.45, 7) is 1.29. The van der Waals surface area contributed by atoms with Gasteiger partial charge in [0.2, 0.25) is 10.0 Å². The topological polar surface area (TPSA) is 84.3 Å². The van der Waals surface area contributed by atoms with Crippen LogP contribution >= 0.6 is 22.6 Å². The van der Waals surface area contributed by atoms with Crippen LogP contribution in [0, 0.1) is 3.57 Å². The van der Waals surface area contributed by atoms with E-state index in [0.717, 1.165) is 41.6 Å². The largest absolute Gasteiger partial charge is 0.346 e. The number of halogens is 1. The third-order valence-corrected chi connectivity index (χ3v) is 7.10. The lowest BCUT2D eigenvalue weighted by Gasteiger charge is -2.13. The number of hydrogen-bond donors (Lipinski definition) is 1. The summed E-state index contributed by atoms with van der Waals surface area (Å²) in [5, 5.41) is 2.85. The molecule has 0 fully saturated rings. The molecule has 2 heterocycles. The number of aryl methyl sites for hydroxylation is 2. The summed E-state index contributed by atoms with van der Waals surface area (Å²) in [4.78, 5) is 17.2. The molecule has 140 valence electrons. The van der Waals surface area contributed by atoms with Gasteiger partial charge in [-0.15, -0.1) is 0 Å². The SMILES string of the molecule is CN(C)S(=O)(=O)c1ccc(I)c(C(=O)NCc2cn3c(n2)CCCC3)c1. The van der Waals surface area contributed by atoms with Crippen molar-refractivity contribution in [1.82, 2.24) is 19.2 Å². The second-order valence-corrected chi connectivity index (χ2v) is 9.72. The van der Waals surface area contributed by atoms with Gasteiger partial charge in [-0.3, -0.25) is 4.79 Å². The van der Waals surface area contributed by atoms with Crippen molar-refractivity contribution >= 4 is 38.5 Å². The second kappa shape index (κ2) is 7.65. The third kappa shape index (κ3) is 3.94. The number of hydrogen-bond acceptors (Lipinski definition) is 4. The van der Waals surface area contributed by atoms with Crippen LogP contribution in [0.15, 0.2) is 29.3 Å². The predicted molar refractivity (Wildman–Crippen MR) is 106 cm³/mol. The Balaban J connectivity index is 1.76. The summed E-state index contributed by atoms with van der Waals surface area (Å²) in [6.07, 6.45) is 5.25. The first kappa shape index (κ1) is 19.3. The Labute approximate surface area is 167 Å². The Kier molecular flexibility index (Phi) is 5.68. The number of amides is 1. The van der Waals surface area contributed by atoms with E-state index in [-0.39, 0.29) is 10.8 Å². The quantitative estimate of drug-likeness (QED) is 0.653. The van der Waals surface area contributed by atoms with E-state index in [1.807, 2.05) is 28.8 Å². The summed E-state index contributed by atoms with van der Waals surface area (Å²) in [6, 6.07) is 4.57. The van der Waals surface area contributed by atoms with Crippen molar-refractivity contribution in [2.75, 3.05) is 14.1 Å². The average molecular weight is 488 g/mol. The molecule has 1 aliphatic rings. The molecule has 0 saturated heterocycles. The molecule has 0 atom stereocenters. The second-order valence-electron chi connectivity index (χ2n) is 6.41. The van der Waals surface area contributed by atoms with Crippen LogP contribution < -0.4 is 5.32 Å². The van der Waals surface area contributed by atoms with Crippen molar-refractivity contribution in [2.24, 2.45) is 0 Å². The van der Waals surface area contributed by atoms with Crippen LogP contribution in [0.2, 0.25) is 0 Å². The molecule has 0 radical (unpaired) electrons. The number of rotatable bonds is 5. The van der Waals surface area contributed by atoms with Crippen LogP contribution in [-0.4, -0.2) is 42.3 Å². The average Bonchev–Trinajstić information content (AvgIpc) is 3.02. The van der Waals surface area contributed by atoms with Gasteiger partial charge in [-0.2, -0.15) is 0 Å². The summed E-state index contributed by atoms with van der Waals surface area (Å²) < 4.78 is 28.5. The number of nitrogens with zero attached hydrogens (tertiary/aromatic N) is 3. The van der Waals surface area contributed by atoms with Crippen LogP contribution in [0.5, 0.6) is 0 Å². The lowest BCUT2D eigenvalue weighted by atomic mass is 10.2. The molecule has 0 unspecified atom stereocenters. The van der Waals surface area contributed by atoms with Crippen LogP contribution in [0.3, 0.4) is 0 Å². The van der Waals surface area contributed by atoms with E-state index in [9.17, 15) is 13.2 Å². The van der Waals surface area contributed by atoms with Crippen molar-refractivity contribution in [3.05, 3.63) is 45.0 Å². The van der Waals surface area contributed by atoms with Gasteiger partial charge < -0.3 is 9.88 Å². The molecule has 0 bridgehead atoms. The zero-order valence-electron chi connectivity index (χ0n) is 14.7. The van der Waals surface area contributed by atoms with E-state index in [2.05, 4.69) is 14.9 Å². The van der Waals surface area contributed by atoms with Gasteiger partial charge in [-0.25, -0.2) is 17.7 Å². The Hall–Kier alpha value is -1.46. The van der Waals surface area contributed by atoms with Gasteiger partial charge in [0, 0.05) is 36.8 Å². The summed E-state index contributed by atoms with van der Waals surface area (Å²) in [5.41, 5.74) is 1.17. The van der Waals surface area contributed by atoms with Gasteiger partial charge in [0.15, 0.2) is 0 Å². The summed E-state index contributed by atoms with van der Waals surface area (Å²) >= 11 is 2.03. The lowest BCUT2D eigenvalue weighted by molar-refractivity contribution is 0.0949. The van der Waals surface area contributed by atoms with E-state index < -0.39 is 10.0 Å². The van der Waals surface area contributed by atoms with Crippen molar-refractivity contribution < 1.29 is 13.2 Å². The van der Waals surface area contributed by atoms with E-state index >= 15 is 0 Å². The van der Waals surface area contributed by atoms with Crippen LogP contribution in [0.25, 0.3) is 0 Å². The molecule has 7 nitrogen and oxygen atoms in total. The minimum absolute atomic E-state index is 0.102. The maximum atomic E-state index is 12.6. The van der Waals surface area contributed by atoms with Gasteiger partial charge in [0.1, 0.15) is 5.82 Å². The highest BCUT2D eigenvalue weighted by atomic mass is 127. The molecule has 3 rings (SSSR count). The number of carbonyl (C=O) groups is 1. The van der Waals surface area contributed by atoms with E-state index in [0.29, 0.717) is 15.7 Å². The number of fused-ring (bicyclic) bond motifs is 1. The fourth-order valence-electron chi connectivity index (χ4n) is 2.87. The molecule has 9 heteroatoms. The molecule has 1 aromatic carbocycles. The van der Waals surface area contributed by atoms with Gasteiger partial charge in [0.25, 0.3) is 5.91 Å². The standard InChI is InChI=1S/C17H21IN4O3S/c1-21(2)26(24,25)13-6-7-15(18)14(9-13)17(23)19-10-12-11-22-8-4-3-5-16(22)20-12/h6-7,9,11H,3-5,8,10H2,1-2H3,(H,19,23). The lowest BCUT2D eigenvalue weighted by Crippen LogP contribution is -2.26. The Morgan fingerprint density at radius 2 is 2.12 bits per heavy atom. The molecule has 1 N–H and O–H groups in total. The molecule has 0 aliphatic carbocycles. The molecule has 1 aromatic heterocycles. The van der Waals surface area contributed by atoms with Gasteiger partial charge in [-0.1, -0.05) is 0 Å². The monoisotopic (exact) mass is 488 g/mol. The number of aromatic nitrogens is 2. The molecular formula is C17H21IN4O3S. The van der Waals surface area contributed by atoms with Gasteiger partial charge >= 0.3 is 0 Å². The smallest absolute Gasteiger partial charge is 0.252 e. The number of nitrogens with one attached hydrogen (secondary N) is 1. The first-order valence-electron chi connectivity index (χ1n) is 8.34. The number of sulfonamides is 1. The Bertz CT molecular complexity index is 914. The number of carbonyl (C=O) groups excluding carboxylic acids is 1. The molecule has 1 amide bonds. The third-order valence-electron chi connectivity index (χ3n) is 4.35. The van der Waals surface area contributed by atoms with Crippen molar-refractivity contribution in [3.63, 3.8) is 0 Å². The van der Waals surface area contributed by atoms with Gasteiger partial charge in [-0.05, 0) is 53.6 Å². The minimum atomic E-state index is -3.58. The number of imidazole rings is 1. The van der Waals surface area contributed by atoms with Crippen molar-refractivity contribution in [2.45, 2.75) is 37.2 Å². The zero-order valence-corrected chi connectivity index (χ0v) is 17.7. The summed E-state index contributed by atoms with van der Waals surface area (Å²) in [5.74, 6) is 0.755. The Morgan fingerprint density at radius 3 is 2.81 bits per heavy atom. The van der Waals surface area contributed by atoms with E-state index in [1.54, 1.807) is 6.07 Å². The maximum absolute atomic E-state index is 12.6. The highest BCUT2D eigenvalue weighted by Gasteiger charge is 2.21. The fraction of sp³-hybridized carbons (Fsp3) is 0.412. The molecule has 0 spiro atoms. The first-order chi connectivity index (χ1) is 12.3. The Morgan fingerprint density at radius 1 is 1.35 bits per heavy atom. The van der Waals surface area contributed by atoms with Crippen LogP contribution in [0.1, 0.15) is 34.7 Å². The number of benzene rings is 1. The highest BCUT2D eigenvalue weighted by Crippen LogP contribution is 2.20. The highest BCUT2D eigenvalue weighted by molar-refractivity contribution is 14.1. The maximum Gasteiger partial charge on any atom is 0.252 e. The van der Waals surface area contributed by atoms with Crippen LogP contribution in [0.4, 0.5) is 0 Å². The van der Waals surface area contributed by atoms with Gasteiger partial charge in [0.05, 0.1) is 22.7 Å². The zero-order chi connectivity index (χ0) is 18.9. The minimum Gasteiger partial charge on any atom is -0.346 e. The molecule has 1 aliphatic heterocycles. The van der Waals surface area contributed by atoms with E-state index in [4.69, 9.17) is 0 Å². The molecule has 0 saturated carbocycles. The van der Waals surface area contributed by atoms with Crippen molar-refractivity contribution in [3.8, 4) is 0 Å². The van der Waals surface area contributed by atoms with Crippen molar-refractivity contribution in [1.29, 1.82) is 0 Å². The normalized spacial score (nSPS) is 14.3. The fourth-order valence-corrected chi connectivity index (χ4v) is 4.38. The summed E-state index contributed by atoms with van der Waals surface area (Å²) in [7, 11) is -0.653. The van der Waals surface area contributed by atoms with Crippen LogP contribution in [-0.2, 0) is 29.5 Å². The van der Waals surface area contributed by atoms with E-state index in [1.165, 1.54) is 26.2 Å². The first-order valence-corrected chi connectivity index (χ1v) is 10.9. The molecule has 26 heavy (non-hydrogen) atoms.